The van der Waals surface area contributed by atoms with Crippen LogP contribution in [0, 0.1) is 13.8 Å². The molecule has 0 fully saturated rings. The Bertz CT molecular complexity index is 351. The second kappa shape index (κ2) is 5.54. The zero-order valence-electron chi connectivity index (χ0n) is 10.1. The van der Waals surface area contributed by atoms with Crippen LogP contribution in [0.3, 0.4) is 0 Å². The van der Waals surface area contributed by atoms with Crippen molar-refractivity contribution >= 4 is 0 Å². The average Bonchev–Trinajstić information content (AvgIpc) is 2.11. The van der Waals surface area contributed by atoms with Crippen molar-refractivity contribution < 1.29 is 13.2 Å². The van der Waals surface area contributed by atoms with E-state index in [0.29, 0.717) is 6.42 Å². The van der Waals surface area contributed by atoms with Crippen LogP contribution in [0.1, 0.15) is 29.5 Å². The van der Waals surface area contributed by atoms with Gasteiger partial charge in [0.2, 0.25) is 0 Å². The van der Waals surface area contributed by atoms with Crippen LogP contribution in [0.25, 0.3) is 0 Å². The van der Waals surface area contributed by atoms with E-state index in [1.165, 1.54) is 0 Å². The van der Waals surface area contributed by atoms with Crippen molar-refractivity contribution in [3.05, 3.63) is 34.9 Å². The normalized spacial score (nSPS) is 13.8. The Hall–Kier alpha value is -1.03. The van der Waals surface area contributed by atoms with Crippen LogP contribution in [0.4, 0.5) is 13.2 Å². The van der Waals surface area contributed by atoms with Gasteiger partial charge in [-0.1, -0.05) is 29.3 Å². The summed E-state index contributed by atoms with van der Waals surface area (Å²) in [4.78, 5) is 0. The maximum absolute atomic E-state index is 12.0. The van der Waals surface area contributed by atoms with E-state index in [4.69, 9.17) is 5.73 Å². The molecule has 1 aromatic carbocycles. The summed E-state index contributed by atoms with van der Waals surface area (Å²) in [5.74, 6) is 0. The quantitative estimate of drug-likeness (QED) is 0.863. The van der Waals surface area contributed by atoms with Gasteiger partial charge in [-0.25, -0.2) is 0 Å². The molecule has 96 valence electrons. The van der Waals surface area contributed by atoms with Crippen LogP contribution in [-0.4, -0.2) is 12.2 Å². The monoisotopic (exact) mass is 245 g/mol. The van der Waals surface area contributed by atoms with Crippen LogP contribution in [-0.2, 0) is 6.42 Å². The fraction of sp³-hybridized carbons (Fsp3) is 0.538. The zero-order valence-corrected chi connectivity index (χ0v) is 10.1. The van der Waals surface area contributed by atoms with Crippen molar-refractivity contribution in [2.24, 2.45) is 5.73 Å². The van der Waals surface area contributed by atoms with Gasteiger partial charge in [-0.05, 0) is 32.3 Å². The van der Waals surface area contributed by atoms with E-state index in [0.717, 1.165) is 16.7 Å². The van der Waals surface area contributed by atoms with Crippen molar-refractivity contribution in [3.63, 3.8) is 0 Å². The van der Waals surface area contributed by atoms with Crippen molar-refractivity contribution in [1.29, 1.82) is 0 Å². The molecule has 0 aliphatic heterocycles. The summed E-state index contributed by atoms with van der Waals surface area (Å²) >= 11 is 0. The van der Waals surface area contributed by atoms with Crippen molar-refractivity contribution in [1.82, 2.24) is 0 Å². The van der Waals surface area contributed by atoms with Gasteiger partial charge >= 0.3 is 6.18 Å². The molecule has 1 rings (SSSR count). The van der Waals surface area contributed by atoms with E-state index in [1.807, 2.05) is 32.0 Å². The van der Waals surface area contributed by atoms with Gasteiger partial charge < -0.3 is 5.73 Å². The molecule has 0 heterocycles. The summed E-state index contributed by atoms with van der Waals surface area (Å²) in [6, 6.07) is 5.55. The number of hydrogen-bond acceptors (Lipinski definition) is 1. The first-order chi connectivity index (χ1) is 7.76. The topological polar surface area (TPSA) is 26.0 Å². The number of benzene rings is 1. The van der Waals surface area contributed by atoms with Crippen LogP contribution in [0.2, 0.25) is 0 Å². The number of aryl methyl sites for hydroxylation is 2. The Balaban J connectivity index is 2.53. The molecule has 0 spiro atoms. The molecule has 4 heteroatoms. The summed E-state index contributed by atoms with van der Waals surface area (Å²) in [6.45, 7) is 3.94. The van der Waals surface area contributed by atoms with E-state index in [9.17, 15) is 13.2 Å². The Labute approximate surface area is 99.8 Å². The van der Waals surface area contributed by atoms with Crippen LogP contribution in [0.15, 0.2) is 18.2 Å². The largest absolute Gasteiger partial charge is 0.389 e. The number of alkyl halides is 3. The summed E-state index contributed by atoms with van der Waals surface area (Å²) in [7, 11) is 0. The Morgan fingerprint density at radius 3 is 2.12 bits per heavy atom. The highest BCUT2D eigenvalue weighted by molar-refractivity contribution is 5.29. The van der Waals surface area contributed by atoms with Crippen LogP contribution >= 0.6 is 0 Å². The molecule has 1 atom stereocenters. The molecule has 1 aromatic rings. The highest BCUT2D eigenvalue weighted by atomic mass is 19.4. The van der Waals surface area contributed by atoms with Crippen molar-refractivity contribution in [2.45, 2.75) is 45.3 Å². The van der Waals surface area contributed by atoms with Crippen LogP contribution < -0.4 is 5.73 Å². The molecule has 0 amide bonds. The Morgan fingerprint density at radius 2 is 1.65 bits per heavy atom. The average molecular weight is 245 g/mol. The molecule has 0 radical (unpaired) electrons. The number of rotatable bonds is 4. The predicted octanol–water partition coefficient (Wildman–Crippen LogP) is 3.52. The highest BCUT2D eigenvalue weighted by Crippen LogP contribution is 2.22. The van der Waals surface area contributed by atoms with Crippen LogP contribution in [0.5, 0.6) is 0 Å². The Morgan fingerprint density at radius 1 is 1.12 bits per heavy atom. The molecule has 0 bridgehead atoms. The summed E-state index contributed by atoms with van der Waals surface area (Å²) in [5.41, 5.74) is 8.95. The molecule has 2 N–H and O–H groups in total. The van der Waals surface area contributed by atoms with E-state index in [-0.39, 0.29) is 6.42 Å². The maximum atomic E-state index is 12.0. The van der Waals surface area contributed by atoms with Gasteiger partial charge in [0, 0.05) is 12.5 Å². The molecule has 1 unspecified atom stereocenters. The molecule has 0 saturated heterocycles. The minimum Gasteiger partial charge on any atom is -0.327 e. The zero-order chi connectivity index (χ0) is 13.1. The van der Waals surface area contributed by atoms with Gasteiger partial charge in [-0.3, -0.25) is 0 Å². The van der Waals surface area contributed by atoms with E-state index in [1.54, 1.807) is 0 Å². The molecule has 17 heavy (non-hydrogen) atoms. The van der Waals surface area contributed by atoms with E-state index in [2.05, 4.69) is 0 Å². The third kappa shape index (κ3) is 5.73. The molecule has 1 nitrogen and oxygen atoms in total. The van der Waals surface area contributed by atoms with Crippen molar-refractivity contribution in [3.8, 4) is 0 Å². The first kappa shape index (κ1) is 14.0. The minimum atomic E-state index is -4.11. The smallest absolute Gasteiger partial charge is 0.327 e. The van der Waals surface area contributed by atoms with Crippen molar-refractivity contribution in [2.75, 3.05) is 0 Å². The summed E-state index contributed by atoms with van der Waals surface area (Å²) < 4.78 is 36.1. The van der Waals surface area contributed by atoms with E-state index < -0.39 is 18.6 Å². The standard InChI is InChI=1S/C13H18F3N/c1-9-5-10(2)7-11(6-9)8-12(17)3-4-13(14,15)16/h5-7,12H,3-4,8,17H2,1-2H3. The molecule has 0 aliphatic rings. The molecule has 0 saturated carbocycles. The molecular weight excluding hydrogens is 227 g/mol. The first-order valence-electron chi connectivity index (χ1n) is 5.66. The fourth-order valence-corrected chi connectivity index (χ4v) is 1.94. The minimum absolute atomic E-state index is 0.0174. The second-order valence-corrected chi connectivity index (χ2v) is 4.61. The highest BCUT2D eigenvalue weighted by Gasteiger charge is 2.27. The number of halogens is 3. The number of hydrogen-bond donors (Lipinski definition) is 1. The summed E-state index contributed by atoms with van der Waals surface area (Å²) in [6.07, 6.45) is -4.44. The SMILES string of the molecule is Cc1cc(C)cc(CC(N)CCC(F)(F)F)c1. The first-order valence-corrected chi connectivity index (χ1v) is 5.66. The maximum Gasteiger partial charge on any atom is 0.389 e. The number of nitrogens with two attached hydrogens (primary N) is 1. The third-order valence-corrected chi connectivity index (χ3v) is 2.58. The fourth-order valence-electron chi connectivity index (χ4n) is 1.94. The Kier molecular flexibility index (Phi) is 4.57. The van der Waals surface area contributed by atoms with E-state index >= 15 is 0 Å². The second-order valence-electron chi connectivity index (χ2n) is 4.61. The molecule has 0 aliphatic carbocycles. The van der Waals surface area contributed by atoms with Gasteiger partial charge in [0.25, 0.3) is 0 Å². The van der Waals surface area contributed by atoms with Gasteiger partial charge in [0.15, 0.2) is 0 Å². The van der Waals surface area contributed by atoms with Gasteiger partial charge in [0.1, 0.15) is 0 Å². The molecule has 0 aromatic heterocycles. The predicted molar refractivity (Wildman–Crippen MR) is 62.9 cm³/mol. The third-order valence-electron chi connectivity index (χ3n) is 2.58. The lowest BCUT2D eigenvalue weighted by Gasteiger charge is -2.14. The lowest BCUT2D eigenvalue weighted by atomic mass is 9.99. The molecular formula is C13H18F3N. The van der Waals surface area contributed by atoms with Gasteiger partial charge in [-0.15, -0.1) is 0 Å². The van der Waals surface area contributed by atoms with Gasteiger partial charge in [0.05, 0.1) is 0 Å². The van der Waals surface area contributed by atoms with Gasteiger partial charge in [-0.2, -0.15) is 13.2 Å². The summed E-state index contributed by atoms with van der Waals surface area (Å²) in [5, 5.41) is 0. The lowest BCUT2D eigenvalue weighted by Crippen LogP contribution is -2.25. The lowest BCUT2D eigenvalue weighted by molar-refractivity contribution is -0.136.